The number of pyridine rings is 1. The van der Waals surface area contributed by atoms with E-state index in [1.165, 1.54) is 6.07 Å². The number of hydrogen-bond acceptors (Lipinski definition) is 9. The number of aliphatic hydroxyl groups is 1. The standard InChI is InChI=1S/C37H37F2N6O4Si/c1-36(46)9-3-12-43(20-36)34-33-29(41-35(42-34)48-21-37-10-4-13-44(37)19-24(38)18-37)17-31(45-30(33)7-11-40-45)27-16-25(49-22-47-2)15-23-5-6-28(39)26(8-14-50)32(23)27/h5-7,11,15-17,24,46H,3-4,9-10,12-13,18-22H2,1-2H3/t24-,36-,37?/m1/s1. The van der Waals surface area contributed by atoms with Crippen molar-refractivity contribution in [3.8, 4) is 34.5 Å². The Labute approximate surface area is 291 Å². The molecule has 3 aromatic heterocycles. The van der Waals surface area contributed by atoms with Gasteiger partial charge in [-0.25, -0.2) is 13.3 Å². The molecule has 1 unspecified atom stereocenters. The van der Waals surface area contributed by atoms with Gasteiger partial charge in [-0.1, -0.05) is 12.0 Å². The minimum atomic E-state index is -0.908. The predicted octanol–water partition coefficient (Wildman–Crippen LogP) is 5.00. The number of benzene rings is 2. The normalized spacial score (nSPS) is 23.8. The summed E-state index contributed by atoms with van der Waals surface area (Å²) in [6, 6.07) is 10.7. The monoisotopic (exact) mass is 695 g/mol. The van der Waals surface area contributed by atoms with E-state index in [0.717, 1.165) is 36.7 Å². The molecule has 3 atom stereocenters. The van der Waals surface area contributed by atoms with Crippen molar-refractivity contribution < 1.29 is 28.1 Å². The fraction of sp³-hybridized carbons (Fsp3) is 0.432. The summed E-state index contributed by atoms with van der Waals surface area (Å²) in [5.41, 5.74) is 4.14. The first-order valence-corrected chi connectivity index (χ1v) is 17.4. The third-order valence-corrected chi connectivity index (χ3v) is 10.5. The summed E-state index contributed by atoms with van der Waals surface area (Å²) in [7, 11) is 4.76. The highest BCUT2D eigenvalue weighted by Gasteiger charge is 2.49. The molecule has 3 radical (unpaired) electrons. The number of piperidine rings is 1. The molecule has 13 heteroatoms. The molecule has 0 amide bonds. The van der Waals surface area contributed by atoms with Gasteiger partial charge in [-0.15, -0.1) is 5.54 Å². The van der Waals surface area contributed by atoms with Gasteiger partial charge in [-0.2, -0.15) is 15.1 Å². The van der Waals surface area contributed by atoms with E-state index < -0.39 is 17.6 Å². The summed E-state index contributed by atoms with van der Waals surface area (Å²) in [5.74, 6) is 3.57. The summed E-state index contributed by atoms with van der Waals surface area (Å²) < 4.78 is 49.3. The number of halogens is 2. The Hall–Kier alpha value is -4.35. The lowest BCUT2D eigenvalue weighted by Gasteiger charge is -2.38. The summed E-state index contributed by atoms with van der Waals surface area (Å²) in [6.07, 6.45) is 4.54. The Bertz CT molecular complexity index is 2180. The van der Waals surface area contributed by atoms with Crippen LogP contribution in [0.4, 0.5) is 14.6 Å². The maximum atomic E-state index is 15.4. The van der Waals surface area contributed by atoms with Gasteiger partial charge in [0.05, 0.1) is 45.0 Å². The second kappa shape index (κ2) is 12.8. The van der Waals surface area contributed by atoms with Gasteiger partial charge >= 0.3 is 6.01 Å². The van der Waals surface area contributed by atoms with Gasteiger partial charge in [0, 0.05) is 44.1 Å². The molecule has 3 aliphatic heterocycles. The molecule has 0 bridgehead atoms. The maximum absolute atomic E-state index is 15.4. The predicted molar refractivity (Wildman–Crippen MR) is 187 cm³/mol. The first-order valence-electron chi connectivity index (χ1n) is 16.9. The molecule has 0 saturated carbocycles. The Morgan fingerprint density at radius 1 is 1.08 bits per heavy atom. The lowest BCUT2D eigenvalue weighted by molar-refractivity contribution is 0.0447. The van der Waals surface area contributed by atoms with Crippen LogP contribution < -0.4 is 14.4 Å². The van der Waals surface area contributed by atoms with Crippen molar-refractivity contribution >= 4 is 43.3 Å². The van der Waals surface area contributed by atoms with E-state index in [-0.39, 0.29) is 30.5 Å². The fourth-order valence-electron chi connectivity index (χ4n) is 8.21. The van der Waals surface area contributed by atoms with Crippen LogP contribution >= 0.6 is 0 Å². The summed E-state index contributed by atoms with van der Waals surface area (Å²) in [4.78, 5) is 14.2. The van der Waals surface area contributed by atoms with Gasteiger partial charge in [0.2, 0.25) is 0 Å². The number of hydrogen-bond donors (Lipinski definition) is 1. The quantitative estimate of drug-likeness (QED) is 0.137. The van der Waals surface area contributed by atoms with Crippen LogP contribution in [0.3, 0.4) is 0 Å². The van der Waals surface area contributed by atoms with Crippen LogP contribution in [0.2, 0.25) is 0 Å². The zero-order valence-corrected chi connectivity index (χ0v) is 29.0. The molecule has 6 heterocycles. The third-order valence-electron chi connectivity index (χ3n) is 10.4. The number of methoxy groups -OCH3 is 1. The molecule has 2 aromatic carbocycles. The highest BCUT2D eigenvalue weighted by atomic mass is 28.1. The molecule has 257 valence electrons. The van der Waals surface area contributed by atoms with Crippen LogP contribution in [0.5, 0.6) is 11.8 Å². The van der Waals surface area contributed by atoms with Gasteiger partial charge < -0.3 is 24.2 Å². The van der Waals surface area contributed by atoms with E-state index in [1.807, 2.05) is 31.2 Å². The van der Waals surface area contributed by atoms with Gasteiger partial charge in [0.1, 0.15) is 40.4 Å². The van der Waals surface area contributed by atoms with Crippen LogP contribution in [0.25, 0.3) is 38.4 Å². The lowest BCUT2D eigenvalue weighted by atomic mass is 9.94. The lowest BCUT2D eigenvalue weighted by Crippen LogP contribution is -2.46. The van der Waals surface area contributed by atoms with E-state index in [2.05, 4.69) is 31.5 Å². The second-order valence-corrected chi connectivity index (χ2v) is 14.2. The molecule has 0 aliphatic carbocycles. The average Bonchev–Trinajstić information content (AvgIpc) is 3.81. The number of alkyl halides is 1. The highest BCUT2D eigenvalue weighted by molar-refractivity contribution is 6.22. The van der Waals surface area contributed by atoms with Crippen LogP contribution in [-0.4, -0.2) is 104 Å². The molecule has 3 saturated heterocycles. The zero-order valence-electron chi connectivity index (χ0n) is 28.0. The molecule has 0 spiro atoms. The number of rotatable bonds is 8. The van der Waals surface area contributed by atoms with Crippen LogP contribution in [-0.2, 0) is 4.74 Å². The minimum Gasteiger partial charge on any atom is -0.468 e. The number of fused-ring (bicyclic) bond motifs is 5. The van der Waals surface area contributed by atoms with Crippen LogP contribution in [0.1, 0.15) is 44.6 Å². The van der Waals surface area contributed by atoms with Crippen molar-refractivity contribution in [2.45, 2.75) is 56.3 Å². The van der Waals surface area contributed by atoms with Crippen LogP contribution in [0.15, 0.2) is 42.6 Å². The number of anilines is 1. The van der Waals surface area contributed by atoms with Gasteiger partial charge in [-0.05, 0) is 74.9 Å². The van der Waals surface area contributed by atoms with Crippen molar-refractivity contribution in [1.82, 2.24) is 24.5 Å². The Morgan fingerprint density at radius 3 is 2.76 bits per heavy atom. The van der Waals surface area contributed by atoms with E-state index in [4.69, 9.17) is 29.3 Å². The van der Waals surface area contributed by atoms with E-state index in [0.29, 0.717) is 71.6 Å². The molecule has 8 rings (SSSR count). The Morgan fingerprint density at radius 2 is 1.94 bits per heavy atom. The Balaban J connectivity index is 1.35. The summed E-state index contributed by atoms with van der Waals surface area (Å²) in [6.45, 7) is 4.46. The molecule has 3 fully saturated rings. The Kier molecular flexibility index (Phi) is 8.38. The molecular weight excluding hydrogens is 659 g/mol. The fourth-order valence-corrected chi connectivity index (χ4v) is 8.34. The smallest absolute Gasteiger partial charge is 0.319 e. The molecular formula is C37H37F2N6O4Si. The van der Waals surface area contributed by atoms with Crippen LogP contribution in [0, 0.1) is 17.3 Å². The summed E-state index contributed by atoms with van der Waals surface area (Å²) in [5, 5.41) is 17.9. The topological polar surface area (TPSA) is 97.5 Å². The van der Waals surface area contributed by atoms with Crippen molar-refractivity contribution in [2.24, 2.45) is 0 Å². The largest absolute Gasteiger partial charge is 0.468 e. The second-order valence-electron chi connectivity index (χ2n) is 13.9. The van der Waals surface area contributed by atoms with Crippen molar-refractivity contribution in [3.05, 3.63) is 54.0 Å². The highest BCUT2D eigenvalue weighted by Crippen LogP contribution is 2.42. The zero-order chi connectivity index (χ0) is 34.6. The van der Waals surface area contributed by atoms with E-state index in [9.17, 15) is 9.50 Å². The van der Waals surface area contributed by atoms with Crippen molar-refractivity contribution in [2.75, 3.05) is 51.6 Å². The molecule has 5 aromatic rings. The number of aromatic nitrogens is 4. The first-order chi connectivity index (χ1) is 24.2. The molecule has 50 heavy (non-hydrogen) atoms. The minimum absolute atomic E-state index is 0.0216. The van der Waals surface area contributed by atoms with Crippen molar-refractivity contribution in [3.63, 3.8) is 0 Å². The molecule has 10 nitrogen and oxygen atoms in total. The van der Waals surface area contributed by atoms with Gasteiger partial charge in [-0.3, -0.25) is 4.90 Å². The molecule has 3 aliphatic rings. The van der Waals surface area contributed by atoms with Gasteiger partial charge in [0.15, 0.2) is 6.79 Å². The van der Waals surface area contributed by atoms with Gasteiger partial charge in [0.25, 0.3) is 0 Å². The average molecular weight is 696 g/mol. The number of β-amino-alcohol motifs (C(OH)–C–C–N with tert-alkyl or cyclic N) is 1. The SMILES string of the molecule is COCOc1cc(-c2cc3nc(OCC45CCCN4C[C@H](F)C5)nc(N4CCC[C@@](C)(O)C4)c3c3ccnn23)c2c(C#C[Si])c(F)ccc2c1. The van der Waals surface area contributed by atoms with E-state index in [1.54, 1.807) is 23.9 Å². The molecule has 1 N–H and O–H groups in total. The first kappa shape index (κ1) is 32.8. The number of nitrogens with zero attached hydrogens (tertiary/aromatic N) is 6. The maximum Gasteiger partial charge on any atom is 0.319 e. The third kappa shape index (κ3) is 5.74. The summed E-state index contributed by atoms with van der Waals surface area (Å²) >= 11 is 0. The number of ether oxygens (including phenoxy) is 3. The van der Waals surface area contributed by atoms with Crippen molar-refractivity contribution in [1.29, 1.82) is 0 Å². The van der Waals surface area contributed by atoms with E-state index >= 15 is 4.39 Å².